The topological polar surface area (TPSA) is 61.6 Å². The standard InChI is InChI=1S/C17H28N4O/c1-14(18)12-17(22)19-13-15(2)20-8-10-21(11-9-20)16-6-4-3-5-7-16/h3-7,14-15H,8-13,18H2,1-2H3,(H,19,22). The summed E-state index contributed by atoms with van der Waals surface area (Å²) in [7, 11) is 0. The Labute approximate surface area is 133 Å². The van der Waals surface area contributed by atoms with Crippen LogP contribution in [-0.4, -0.2) is 55.6 Å². The van der Waals surface area contributed by atoms with Crippen LogP contribution < -0.4 is 16.0 Å². The number of nitrogens with one attached hydrogen (secondary N) is 1. The smallest absolute Gasteiger partial charge is 0.221 e. The lowest BCUT2D eigenvalue weighted by Crippen LogP contribution is -2.52. The average Bonchev–Trinajstić information content (AvgIpc) is 2.53. The van der Waals surface area contributed by atoms with Gasteiger partial charge in [0.25, 0.3) is 0 Å². The molecule has 0 radical (unpaired) electrons. The molecule has 1 aromatic rings. The quantitative estimate of drug-likeness (QED) is 0.825. The van der Waals surface area contributed by atoms with Crippen molar-refractivity contribution in [2.75, 3.05) is 37.6 Å². The Morgan fingerprint density at radius 2 is 1.82 bits per heavy atom. The van der Waals surface area contributed by atoms with Gasteiger partial charge in [0.05, 0.1) is 0 Å². The lowest BCUT2D eigenvalue weighted by Gasteiger charge is -2.39. The minimum absolute atomic E-state index is 0.0461. The van der Waals surface area contributed by atoms with Crippen LogP contribution in [0.25, 0.3) is 0 Å². The number of piperazine rings is 1. The van der Waals surface area contributed by atoms with Gasteiger partial charge in [-0.3, -0.25) is 9.69 Å². The second-order valence-corrected chi connectivity index (χ2v) is 6.19. The van der Waals surface area contributed by atoms with Gasteiger partial charge in [0.2, 0.25) is 5.91 Å². The Balaban J connectivity index is 1.73. The summed E-state index contributed by atoms with van der Waals surface area (Å²) < 4.78 is 0. The fraction of sp³-hybridized carbons (Fsp3) is 0.588. The van der Waals surface area contributed by atoms with E-state index in [1.165, 1.54) is 5.69 Å². The number of benzene rings is 1. The first-order chi connectivity index (χ1) is 10.6. The van der Waals surface area contributed by atoms with Crippen LogP contribution in [0, 0.1) is 0 Å². The van der Waals surface area contributed by atoms with Crippen LogP contribution in [0.3, 0.4) is 0 Å². The number of nitrogens with zero attached hydrogens (tertiary/aromatic N) is 2. The summed E-state index contributed by atoms with van der Waals surface area (Å²) in [5, 5.41) is 2.98. The van der Waals surface area contributed by atoms with Gasteiger partial charge >= 0.3 is 0 Å². The van der Waals surface area contributed by atoms with Gasteiger partial charge in [-0.2, -0.15) is 0 Å². The molecule has 1 heterocycles. The molecule has 1 saturated heterocycles. The molecule has 0 spiro atoms. The number of carbonyl (C=O) groups is 1. The first-order valence-electron chi connectivity index (χ1n) is 8.12. The number of rotatable bonds is 6. The lowest BCUT2D eigenvalue weighted by molar-refractivity contribution is -0.121. The molecule has 0 aromatic heterocycles. The Morgan fingerprint density at radius 1 is 1.18 bits per heavy atom. The summed E-state index contributed by atoms with van der Waals surface area (Å²) in [6.45, 7) is 8.83. The molecule has 2 atom stereocenters. The summed E-state index contributed by atoms with van der Waals surface area (Å²) in [5.74, 6) is 0.0461. The molecule has 1 fully saturated rings. The van der Waals surface area contributed by atoms with Crippen molar-refractivity contribution < 1.29 is 4.79 Å². The summed E-state index contributed by atoms with van der Waals surface area (Å²) in [6.07, 6.45) is 0.397. The SMILES string of the molecule is CC(N)CC(=O)NCC(C)N1CCN(c2ccccc2)CC1. The van der Waals surface area contributed by atoms with E-state index in [-0.39, 0.29) is 11.9 Å². The maximum Gasteiger partial charge on any atom is 0.221 e. The van der Waals surface area contributed by atoms with E-state index in [2.05, 4.69) is 46.3 Å². The van der Waals surface area contributed by atoms with Gasteiger partial charge in [0.1, 0.15) is 0 Å². The van der Waals surface area contributed by atoms with Crippen molar-refractivity contribution >= 4 is 11.6 Å². The molecule has 1 amide bonds. The van der Waals surface area contributed by atoms with Gasteiger partial charge in [-0.15, -0.1) is 0 Å². The number of anilines is 1. The first-order valence-corrected chi connectivity index (χ1v) is 8.12. The molecular formula is C17H28N4O. The summed E-state index contributed by atoms with van der Waals surface area (Å²) in [6, 6.07) is 10.8. The van der Waals surface area contributed by atoms with E-state index >= 15 is 0 Å². The van der Waals surface area contributed by atoms with Gasteiger partial charge in [-0.05, 0) is 26.0 Å². The van der Waals surface area contributed by atoms with Crippen LogP contribution in [0.2, 0.25) is 0 Å². The highest BCUT2D eigenvalue weighted by molar-refractivity contribution is 5.76. The Bertz CT molecular complexity index is 455. The van der Waals surface area contributed by atoms with Crippen LogP contribution in [0.5, 0.6) is 0 Å². The Kier molecular flexibility index (Phi) is 6.21. The van der Waals surface area contributed by atoms with E-state index in [1.807, 2.05) is 13.0 Å². The van der Waals surface area contributed by atoms with E-state index in [4.69, 9.17) is 5.73 Å². The maximum atomic E-state index is 11.7. The molecule has 1 aliphatic rings. The molecule has 1 aromatic carbocycles. The number of hydrogen-bond acceptors (Lipinski definition) is 4. The highest BCUT2D eigenvalue weighted by atomic mass is 16.1. The molecule has 0 aliphatic carbocycles. The van der Waals surface area contributed by atoms with Gasteiger partial charge < -0.3 is 16.0 Å². The fourth-order valence-electron chi connectivity index (χ4n) is 2.81. The molecule has 22 heavy (non-hydrogen) atoms. The zero-order valence-electron chi connectivity index (χ0n) is 13.7. The van der Waals surface area contributed by atoms with E-state index in [0.717, 1.165) is 26.2 Å². The molecule has 2 unspecified atom stereocenters. The van der Waals surface area contributed by atoms with Crippen molar-refractivity contribution in [3.05, 3.63) is 30.3 Å². The van der Waals surface area contributed by atoms with Crippen molar-refractivity contribution in [2.24, 2.45) is 5.73 Å². The largest absolute Gasteiger partial charge is 0.369 e. The van der Waals surface area contributed by atoms with Gasteiger partial charge in [0.15, 0.2) is 0 Å². The maximum absolute atomic E-state index is 11.7. The molecule has 1 aliphatic heterocycles. The molecule has 0 bridgehead atoms. The molecule has 3 N–H and O–H groups in total. The number of carbonyl (C=O) groups excluding carboxylic acids is 1. The highest BCUT2D eigenvalue weighted by Gasteiger charge is 2.21. The first kappa shape index (κ1) is 16.8. The van der Waals surface area contributed by atoms with Crippen LogP contribution in [-0.2, 0) is 4.79 Å². The van der Waals surface area contributed by atoms with Crippen molar-refractivity contribution in [3.8, 4) is 0 Å². The summed E-state index contributed by atoms with van der Waals surface area (Å²) in [4.78, 5) is 16.5. The molecule has 0 saturated carbocycles. The number of hydrogen-bond donors (Lipinski definition) is 2. The second-order valence-electron chi connectivity index (χ2n) is 6.19. The van der Waals surface area contributed by atoms with Crippen LogP contribution in [0.4, 0.5) is 5.69 Å². The Morgan fingerprint density at radius 3 is 2.41 bits per heavy atom. The van der Waals surface area contributed by atoms with E-state index in [9.17, 15) is 4.79 Å². The normalized spacial score (nSPS) is 18.8. The minimum Gasteiger partial charge on any atom is -0.369 e. The molecule has 122 valence electrons. The van der Waals surface area contributed by atoms with Gasteiger partial charge in [0, 0.05) is 56.9 Å². The average molecular weight is 304 g/mol. The third-order valence-electron chi connectivity index (χ3n) is 4.16. The van der Waals surface area contributed by atoms with Crippen molar-refractivity contribution in [2.45, 2.75) is 32.4 Å². The second kappa shape index (κ2) is 8.15. The van der Waals surface area contributed by atoms with Crippen molar-refractivity contribution in [3.63, 3.8) is 0 Å². The fourth-order valence-corrected chi connectivity index (χ4v) is 2.81. The summed E-state index contributed by atoms with van der Waals surface area (Å²) in [5.41, 5.74) is 6.93. The van der Waals surface area contributed by atoms with Crippen LogP contribution in [0.1, 0.15) is 20.3 Å². The zero-order chi connectivity index (χ0) is 15.9. The predicted octanol–water partition coefficient (Wildman–Crippen LogP) is 1.05. The van der Waals surface area contributed by atoms with Crippen LogP contribution >= 0.6 is 0 Å². The highest BCUT2D eigenvalue weighted by Crippen LogP contribution is 2.16. The number of amides is 1. The van der Waals surface area contributed by atoms with Crippen molar-refractivity contribution in [1.82, 2.24) is 10.2 Å². The lowest BCUT2D eigenvalue weighted by atomic mass is 10.2. The molecule has 5 nitrogen and oxygen atoms in total. The monoisotopic (exact) mass is 304 g/mol. The van der Waals surface area contributed by atoms with Crippen molar-refractivity contribution in [1.29, 1.82) is 0 Å². The number of nitrogens with two attached hydrogens (primary N) is 1. The zero-order valence-corrected chi connectivity index (χ0v) is 13.7. The third-order valence-corrected chi connectivity index (χ3v) is 4.16. The molecule has 5 heteroatoms. The Hall–Kier alpha value is -1.59. The third kappa shape index (κ3) is 5.00. The van der Waals surface area contributed by atoms with E-state index in [0.29, 0.717) is 19.0 Å². The summed E-state index contributed by atoms with van der Waals surface area (Å²) >= 11 is 0. The van der Waals surface area contributed by atoms with E-state index < -0.39 is 0 Å². The van der Waals surface area contributed by atoms with Gasteiger partial charge in [-0.25, -0.2) is 0 Å². The predicted molar refractivity (Wildman–Crippen MR) is 91.0 cm³/mol. The van der Waals surface area contributed by atoms with E-state index in [1.54, 1.807) is 0 Å². The molecular weight excluding hydrogens is 276 g/mol. The number of para-hydroxylation sites is 1. The van der Waals surface area contributed by atoms with Crippen LogP contribution in [0.15, 0.2) is 30.3 Å². The van der Waals surface area contributed by atoms with Gasteiger partial charge in [-0.1, -0.05) is 18.2 Å². The minimum atomic E-state index is -0.0790. The molecule has 2 rings (SSSR count).